The average molecular weight is 333 g/mol. The highest BCUT2D eigenvalue weighted by atomic mass is 31.2. The van der Waals surface area contributed by atoms with E-state index in [9.17, 15) is 0 Å². The van der Waals surface area contributed by atoms with Crippen LogP contribution in [-0.4, -0.2) is 6.66 Å². The Morgan fingerprint density at radius 1 is 0.625 bits per heavy atom. The largest absolute Gasteiger partial charge is 0.284 e. The van der Waals surface area contributed by atoms with Gasteiger partial charge in [0.15, 0.2) is 0 Å². The van der Waals surface area contributed by atoms with Gasteiger partial charge < -0.3 is 0 Å². The molecule has 0 saturated heterocycles. The van der Waals surface area contributed by atoms with Gasteiger partial charge in [-0.25, -0.2) is 0 Å². The normalized spacial score (nSPS) is 12.0. The molecule has 0 spiro atoms. The number of nitrogens with zero attached hydrogens (tertiary/aromatic N) is 1. The average Bonchev–Trinajstić information content (AvgIpc) is 2.63. The summed E-state index contributed by atoms with van der Waals surface area (Å²) in [5.41, 5.74) is 1.01. The third-order valence-electron chi connectivity index (χ3n) is 4.45. The highest BCUT2D eigenvalue weighted by Crippen LogP contribution is 2.48. The fraction of sp³-hybridized carbons (Fsp3) is 0.182. The van der Waals surface area contributed by atoms with Gasteiger partial charge in [-0.3, -0.25) is 4.74 Å². The van der Waals surface area contributed by atoms with E-state index >= 15 is 0 Å². The maximum atomic E-state index is 5.46. The van der Waals surface area contributed by atoms with Gasteiger partial charge in [0.1, 0.15) is 0 Å². The summed E-state index contributed by atoms with van der Waals surface area (Å²) in [5.74, 6) is 0. The van der Waals surface area contributed by atoms with Crippen molar-refractivity contribution in [2.75, 3.05) is 6.66 Å². The second kappa shape index (κ2) is 6.79. The summed E-state index contributed by atoms with van der Waals surface area (Å²) >= 11 is 0. The number of rotatable bonds is 4. The quantitative estimate of drug-likeness (QED) is 0.567. The monoisotopic (exact) mass is 333 g/mol. The van der Waals surface area contributed by atoms with Crippen molar-refractivity contribution in [1.29, 1.82) is 0 Å². The molecule has 0 aliphatic carbocycles. The number of hydrogen-bond acceptors (Lipinski definition) is 1. The Morgan fingerprint density at radius 3 is 1.42 bits per heavy atom. The second-order valence-electron chi connectivity index (χ2n) is 6.66. The van der Waals surface area contributed by atoms with Crippen molar-refractivity contribution < 1.29 is 0 Å². The van der Waals surface area contributed by atoms with Crippen LogP contribution in [-0.2, 0) is 5.54 Å². The molecule has 3 aromatic carbocycles. The standard InChI is InChI=1S/C22H24NP/c1-22(2,19-13-7-4-8-14-19)23-24(3,20-15-9-5-10-16-20)21-17-11-6-12-18-21/h4-18H,1-3H3. The number of hydrogen-bond donors (Lipinski definition) is 0. The van der Waals surface area contributed by atoms with E-state index in [1.165, 1.54) is 16.2 Å². The Bertz CT molecular complexity index is 793. The van der Waals surface area contributed by atoms with Gasteiger partial charge >= 0.3 is 0 Å². The van der Waals surface area contributed by atoms with Crippen LogP contribution in [0.4, 0.5) is 0 Å². The van der Waals surface area contributed by atoms with E-state index in [0.29, 0.717) is 0 Å². The van der Waals surface area contributed by atoms with Crippen LogP contribution < -0.4 is 10.6 Å². The highest BCUT2D eigenvalue weighted by molar-refractivity contribution is 7.80. The molecule has 0 heterocycles. The zero-order chi connectivity index (χ0) is 17.0. The Hall–Kier alpha value is -2.11. The van der Waals surface area contributed by atoms with Gasteiger partial charge in [0.05, 0.1) is 5.54 Å². The van der Waals surface area contributed by atoms with Crippen molar-refractivity contribution in [3.8, 4) is 0 Å². The fourth-order valence-corrected chi connectivity index (χ4v) is 6.25. The zero-order valence-electron chi connectivity index (χ0n) is 14.6. The summed E-state index contributed by atoms with van der Waals surface area (Å²) in [5, 5.41) is 2.64. The molecule has 0 radical (unpaired) electrons. The molecule has 0 aliphatic heterocycles. The molecule has 0 atom stereocenters. The van der Waals surface area contributed by atoms with Gasteiger partial charge in [-0.05, 0) is 36.7 Å². The van der Waals surface area contributed by atoms with Crippen LogP contribution in [0, 0.1) is 0 Å². The van der Waals surface area contributed by atoms with E-state index in [4.69, 9.17) is 4.74 Å². The Kier molecular flexibility index (Phi) is 4.73. The minimum Gasteiger partial charge on any atom is -0.284 e. The lowest BCUT2D eigenvalue weighted by molar-refractivity contribution is 0.566. The summed E-state index contributed by atoms with van der Waals surface area (Å²) in [6.45, 7) is 6.75. The Morgan fingerprint density at radius 2 is 1.00 bits per heavy atom. The second-order valence-corrected chi connectivity index (χ2v) is 9.81. The van der Waals surface area contributed by atoms with Crippen LogP contribution in [0.15, 0.2) is 95.7 Å². The van der Waals surface area contributed by atoms with Crippen molar-refractivity contribution in [2.45, 2.75) is 19.4 Å². The molecule has 0 unspecified atom stereocenters. The molecule has 0 aromatic heterocycles. The first kappa shape index (κ1) is 16.7. The molecule has 0 amide bonds. The molecule has 0 bridgehead atoms. The van der Waals surface area contributed by atoms with E-state index in [1.54, 1.807) is 0 Å². The molecule has 3 aromatic rings. The molecule has 0 N–H and O–H groups in total. The predicted octanol–water partition coefficient (Wildman–Crippen LogP) is 5.40. The topological polar surface area (TPSA) is 12.4 Å². The highest BCUT2D eigenvalue weighted by Gasteiger charge is 2.26. The van der Waals surface area contributed by atoms with Crippen LogP contribution in [0.3, 0.4) is 0 Å². The molecule has 0 fully saturated rings. The van der Waals surface area contributed by atoms with Gasteiger partial charge in [-0.1, -0.05) is 91.0 Å². The first-order chi connectivity index (χ1) is 11.5. The first-order valence-corrected chi connectivity index (χ1v) is 10.5. The van der Waals surface area contributed by atoms with E-state index in [0.717, 1.165) is 0 Å². The van der Waals surface area contributed by atoms with Gasteiger partial charge in [-0.2, -0.15) is 0 Å². The van der Waals surface area contributed by atoms with Crippen LogP contribution in [0.2, 0.25) is 0 Å². The molecule has 3 rings (SSSR count). The molecular weight excluding hydrogens is 309 g/mol. The summed E-state index contributed by atoms with van der Waals surface area (Å²) in [7, 11) is -1.84. The third-order valence-corrected chi connectivity index (χ3v) is 7.96. The van der Waals surface area contributed by atoms with Gasteiger partial charge in [-0.15, -0.1) is 0 Å². The smallest absolute Gasteiger partial charge is 0.0793 e. The molecule has 1 nitrogen and oxygen atoms in total. The van der Waals surface area contributed by atoms with Gasteiger partial charge in [0, 0.05) is 7.05 Å². The van der Waals surface area contributed by atoms with E-state index in [-0.39, 0.29) is 5.54 Å². The zero-order valence-corrected chi connectivity index (χ0v) is 15.4. The van der Waals surface area contributed by atoms with Crippen LogP contribution >= 0.6 is 7.05 Å². The SMILES string of the molecule is CC(C)(N=P(C)(c1ccccc1)c1ccccc1)c1ccccc1. The van der Waals surface area contributed by atoms with Crippen LogP contribution in [0.5, 0.6) is 0 Å². The first-order valence-electron chi connectivity index (χ1n) is 8.30. The Balaban J connectivity index is 2.23. The predicted molar refractivity (Wildman–Crippen MR) is 107 cm³/mol. The summed E-state index contributed by atoms with van der Waals surface area (Å²) in [4.78, 5) is 0. The lowest BCUT2D eigenvalue weighted by atomic mass is 9.96. The lowest BCUT2D eigenvalue weighted by Crippen LogP contribution is -2.21. The fourth-order valence-electron chi connectivity index (χ4n) is 3.10. The molecule has 0 aliphatic rings. The molecule has 2 heteroatoms. The maximum Gasteiger partial charge on any atom is 0.0793 e. The van der Waals surface area contributed by atoms with E-state index in [2.05, 4.69) is 112 Å². The van der Waals surface area contributed by atoms with Crippen LogP contribution in [0.25, 0.3) is 0 Å². The van der Waals surface area contributed by atoms with Gasteiger partial charge in [0.25, 0.3) is 0 Å². The van der Waals surface area contributed by atoms with E-state index in [1.807, 2.05) is 0 Å². The van der Waals surface area contributed by atoms with Crippen molar-refractivity contribution in [3.05, 3.63) is 96.6 Å². The van der Waals surface area contributed by atoms with Gasteiger partial charge in [0.2, 0.25) is 0 Å². The molecule has 122 valence electrons. The minimum atomic E-state index is -1.84. The van der Waals surface area contributed by atoms with E-state index < -0.39 is 7.05 Å². The summed E-state index contributed by atoms with van der Waals surface area (Å²) < 4.78 is 5.46. The van der Waals surface area contributed by atoms with Crippen molar-refractivity contribution in [3.63, 3.8) is 0 Å². The number of benzene rings is 3. The lowest BCUT2D eigenvalue weighted by Gasteiger charge is -2.29. The van der Waals surface area contributed by atoms with Crippen molar-refractivity contribution in [2.24, 2.45) is 4.74 Å². The third kappa shape index (κ3) is 3.37. The molecule has 0 saturated carbocycles. The molecule has 24 heavy (non-hydrogen) atoms. The van der Waals surface area contributed by atoms with Crippen molar-refractivity contribution in [1.82, 2.24) is 0 Å². The molecular formula is C22H24NP. The summed E-state index contributed by atoms with van der Waals surface area (Å²) in [6.07, 6.45) is 0. The van der Waals surface area contributed by atoms with Crippen molar-refractivity contribution >= 4 is 17.7 Å². The maximum absolute atomic E-state index is 5.46. The van der Waals surface area contributed by atoms with Crippen LogP contribution in [0.1, 0.15) is 19.4 Å². The summed E-state index contributed by atoms with van der Waals surface area (Å²) in [6, 6.07) is 32.0. The minimum absolute atomic E-state index is 0.241. The Labute approximate surface area is 145 Å².